The van der Waals surface area contributed by atoms with Gasteiger partial charge in [-0.3, -0.25) is 0 Å². The fourth-order valence-corrected chi connectivity index (χ4v) is 2.68. The molecule has 27 heavy (non-hydrogen) atoms. The minimum Gasteiger partial charge on any atom is -0.481 e. The van der Waals surface area contributed by atoms with Crippen LogP contribution in [0.15, 0.2) is 30.7 Å². The molecule has 0 saturated heterocycles. The number of nitrogens with one attached hydrogen (secondary N) is 1. The SMILES string of the molecule is COc1ncc(C(C)(C)O)c2cc(Nc3ccnc(C(C)(C)F)n3)ncc12. The van der Waals surface area contributed by atoms with Gasteiger partial charge in [0.05, 0.1) is 18.1 Å². The van der Waals surface area contributed by atoms with Gasteiger partial charge in [-0.05, 0) is 45.2 Å². The monoisotopic (exact) mass is 371 g/mol. The van der Waals surface area contributed by atoms with E-state index >= 15 is 0 Å². The highest BCUT2D eigenvalue weighted by atomic mass is 19.1. The van der Waals surface area contributed by atoms with Crippen molar-refractivity contribution in [3.05, 3.63) is 42.1 Å². The molecule has 0 bridgehead atoms. The number of aliphatic hydroxyl groups is 1. The van der Waals surface area contributed by atoms with E-state index in [9.17, 15) is 9.50 Å². The molecule has 7 nitrogen and oxygen atoms in total. The van der Waals surface area contributed by atoms with Crippen molar-refractivity contribution in [3.63, 3.8) is 0 Å². The summed E-state index contributed by atoms with van der Waals surface area (Å²) in [6.07, 6.45) is 4.68. The van der Waals surface area contributed by atoms with Crippen LogP contribution < -0.4 is 10.1 Å². The van der Waals surface area contributed by atoms with E-state index in [1.807, 2.05) is 0 Å². The number of anilines is 2. The fourth-order valence-electron chi connectivity index (χ4n) is 2.68. The zero-order valence-corrected chi connectivity index (χ0v) is 15.9. The molecule has 0 saturated carbocycles. The molecular weight excluding hydrogens is 349 g/mol. The molecule has 3 rings (SSSR count). The molecule has 2 N–H and O–H groups in total. The van der Waals surface area contributed by atoms with Crippen LogP contribution in [-0.2, 0) is 11.3 Å². The molecule has 0 aromatic carbocycles. The molecule has 0 aliphatic heterocycles. The maximum Gasteiger partial charge on any atom is 0.222 e. The van der Waals surface area contributed by atoms with Crippen LogP contribution in [0.25, 0.3) is 10.8 Å². The zero-order valence-electron chi connectivity index (χ0n) is 15.9. The van der Waals surface area contributed by atoms with E-state index in [-0.39, 0.29) is 5.82 Å². The lowest BCUT2D eigenvalue weighted by molar-refractivity contribution is 0.0798. The maximum absolute atomic E-state index is 14.1. The van der Waals surface area contributed by atoms with Crippen LogP contribution in [0.3, 0.4) is 0 Å². The second-order valence-corrected chi connectivity index (χ2v) is 7.22. The summed E-state index contributed by atoms with van der Waals surface area (Å²) in [7, 11) is 1.53. The predicted octanol–water partition coefficient (Wildman–Crippen LogP) is 3.60. The summed E-state index contributed by atoms with van der Waals surface area (Å²) in [5, 5.41) is 14.9. The Morgan fingerprint density at radius 3 is 2.41 bits per heavy atom. The number of halogens is 1. The molecule has 8 heteroatoms. The van der Waals surface area contributed by atoms with Gasteiger partial charge in [0.15, 0.2) is 11.5 Å². The molecule has 3 heterocycles. The van der Waals surface area contributed by atoms with Crippen LogP contribution in [0.5, 0.6) is 5.88 Å². The Hall–Kier alpha value is -2.87. The third kappa shape index (κ3) is 3.95. The quantitative estimate of drug-likeness (QED) is 0.708. The van der Waals surface area contributed by atoms with Gasteiger partial charge >= 0.3 is 0 Å². The van der Waals surface area contributed by atoms with Gasteiger partial charge < -0.3 is 15.2 Å². The zero-order chi connectivity index (χ0) is 19.8. The summed E-state index contributed by atoms with van der Waals surface area (Å²) >= 11 is 0. The van der Waals surface area contributed by atoms with Gasteiger partial charge in [-0.1, -0.05) is 0 Å². The van der Waals surface area contributed by atoms with Crippen LogP contribution in [0.1, 0.15) is 39.1 Å². The molecule has 0 spiro atoms. The fraction of sp³-hybridized carbons (Fsp3) is 0.368. The first-order chi connectivity index (χ1) is 12.6. The summed E-state index contributed by atoms with van der Waals surface area (Å²) < 4.78 is 19.4. The average molecular weight is 371 g/mol. The third-order valence-electron chi connectivity index (χ3n) is 4.03. The molecule has 0 radical (unpaired) electrons. The first-order valence-electron chi connectivity index (χ1n) is 8.44. The first-order valence-corrected chi connectivity index (χ1v) is 8.44. The van der Waals surface area contributed by atoms with Crippen LogP contribution in [0, 0.1) is 0 Å². The van der Waals surface area contributed by atoms with E-state index in [1.54, 1.807) is 38.4 Å². The van der Waals surface area contributed by atoms with E-state index in [1.165, 1.54) is 27.2 Å². The molecule has 142 valence electrons. The molecule has 0 atom stereocenters. The van der Waals surface area contributed by atoms with Gasteiger partial charge in [0, 0.05) is 24.2 Å². The average Bonchev–Trinajstić information content (AvgIpc) is 2.59. The number of hydrogen-bond acceptors (Lipinski definition) is 7. The van der Waals surface area contributed by atoms with Gasteiger partial charge in [-0.25, -0.2) is 24.3 Å². The van der Waals surface area contributed by atoms with Gasteiger partial charge in [-0.15, -0.1) is 0 Å². The maximum atomic E-state index is 14.1. The van der Waals surface area contributed by atoms with Gasteiger partial charge in [0.2, 0.25) is 5.88 Å². The summed E-state index contributed by atoms with van der Waals surface area (Å²) in [6.45, 7) is 6.16. The summed E-state index contributed by atoms with van der Waals surface area (Å²) in [5.41, 5.74) is -2.12. The van der Waals surface area contributed by atoms with Crippen molar-refractivity contribution >= 4 is 22.4 Å². The summed E-state index contributed by atoms with van der Waals surface area (Å²) in [5.74, 6) is 1.41. The van der Waals surface area contributed by atoms with Crippen LogP contribution in [-0.4, -0.2) is 32.2 Å². The first kappa shape index (κ1) is 18.9. The van der Waals surface area contributed by atoms with Crippen molar-refractivity contribution in [1.82, 2.24) is 19.9 Å². The number of methoxy groups -OCH3 is 1. The highest BCUT2D eigenvalue weighted by molar-refractivity contribution is 5.91. The van der Waals surface area contributed by atoms with Gasteiger partial charge in [-0.2, -0.15) is 0 Å². The number of rotatable bonds is 5. The number of pyridine rings is 2. The molecule has 0 fully saturated rings. The second-order valence-electron chi connectivity index (χ2n) is 7.22. The molecule has 0 unspecified atom stereocenters. The number of alkyl halides is 1. The van der Waals surface area contributed by atoms with Crippen LogP contribution in [0.2, 0.25) is 0 Å². The second kappa shape index (κ2) is 6.70. The van der Waals surface area contributed by atoms with Gasteiger partial charge in [0.1, 0.15) is 11.6 Å². The lowest BCUT2D eigenvalue weighted by Gasteiger charge is -2.20. The molecule has 3 aromatic heterocycles. The van der Waals surface area contributed by atoms with Crippen molar-refractivity contribution in [1.29, 1.82) is 0 Å². The summed E-state index contributed by atoms with van der Waals surface area (Å²) in [4.78, 5) is 16.8. The minimum atomic E-state index is -1.65. The van der Waals surface area contributed by atoms with Crippen molar-refractivity contribution in [2.75, 3.05) is 12.4 Å². The van der Waals surface area contributed by atoms with E-state index < -0.39 is 11.3 Å². The van der Waals surface area contributed by atoms with E-state index in [4.69, 9.17) is 4.74 Å². The molecular formula is C19H22FN5O2. The van der Waals surface area contributed by atoms with Crippen molar-refractivity contribution in [2.24, 2.45) is 0 Å². The van der Waals surface area contributed by atoms with Crippen molar-refractivity contribution in [2.45, 2.75) is 39.0 Å². The predicted molar refractivity (Wildman–Crippen MR) is 101 cm³/mol. The Kier molecular flexibility index (Phi) is 4.69. The largest absolute Gasteiger partial charge is 0.481 e. The third-order valence-corrected chi connectivity index (χ3v) is 4.03. The number of fused-ring (bicyclic) bond motifs is 1. The lowest BCUT2D eigenvalue weighted by atomic mass is 9.95. The molecule has 0 aliphatic rings. The highest BCUT2D eigenvalue weighted by Crippen LogP contribution is 2.33. The van der Waals surface area contributed by atoms with E-state index in [2.05, 4.69) is 25.3 Å². The number of aromatic nitrogens is 4. The molecule has 0 aliphatic carbocycles. The lowest BCUT2D eigenvalue weighted by Crippen LogP contribution is -2.17. The Morgan fingerprint density at radius 2 is 1.78 bits per heavy atom. The number of ether oxygens (including phenoxy) is 1. The molecule has 0 amide bonds. The normalized spacial score (nSPS) is 12.3. The Labute approximate surface area is 156 Å². The van der Waals surface area contributed by atoms with Gasteiger partial charge in [0.25, 0.3) is 0 Å². The van der Waals surface area contributed by atoms with Crippen LogP contribution >= 0.6 is 0 Å². The molecule has 3 aromatic rings. The van der Waals surface area contributed by atoms with E-state index in [0.717, 1.165) is 5.39 Å². The van der Waals surface area contributed by atoms with Crippen molar-refractivity contribution < 1.29 is 14.2 Å². The Morgan fingerprint density at radius 1 is 1.04 bits per heavy atom. The minimum absolute atomic E-state index is 0.0799. The van der Waals surface area contributed by atoms with Crippen molar-refractivity contribution in [3.8, 4) is 5.88 Å². The van der Waals surface area contributed by atoms with E-state index in [0.29, 0.717) is 28.5 Å². The topological polar surface area (TPSA) is 93.1 Å². The highest BCUT2D eigenvalue weighted by Gasteiger charge is 2.23. The smallest absolute Gasteiger partial charge is 0.222 e. The number of hydrogen-bond donors (Lipinski definition) is 2. The standard InChI is InChI=1S/C19H22FN5O2/c1-18(2,20)17-21-7-6-14(25-17)24-15-8-11-12(9-22-15)16(27-5)23-10-13(11)19(3,4)26/h6-10,26H,1-5H3,(H,21,22,24,25). The number of nitrogens with zero attached hydrogens (tertiary/aromatic N) is 4. The van der Waals surface area contributed by atoms with Crippen LogP contribution in [0.4, 0.5) is 16.0 Å². The Bertz CT molecular complexity index is 980. The Balaban J connectivity index is 2.06. The summed E-state index contributed by atoms with van der Waals surface area (Å²) in [6, 6.07) is 3.40.